The van der Waals surface area contributed by atoms with Crippen LogP contribution in [-0.2, 0) is 0 Å². The molecule has 0 amide bonds. The van der Waals surface area contributed by atoms with Gasteiger partial charge in [0.2, 0.25) is 0 Å². The molecule has 0 aromatic heterocycles. The van der Waals surface area contributed by atoms with Gasteiger partial charge in [0.25, 0.3) is 0 Å². The van der Waals surface area contributed by atoms with Crippen LogP contribution >= 0.6 is 0 Å². The topological polar surface area (TPSA) is 15.3 Å². The van der Waals surface area contributed by atoms with Crippen molar-refractivity contribution in [1.82, 2.24) is 10.2 Å². The third-order valence-corrected chi connectivity index (χ3v) is 4.57. The van der Waals surface area contributed by atoms with Crippen LogP contribution in [0.1, 0.15) is 39.5 Å². The summed E-state index contributed by atoms with van der Waals surface area (Å²) in [5, 5.41) is 3.51. The van der Waals surface area contributed by atoms with Gasteiger partial charge in [-0.1, -0.05) is 26.7 Å². The summed E-state index contributed by atoms with van der Waals surface area (Å²) in [6.07, 6.45) is 5.72. The van der Waals surface area contributed by atoms with Gasteiger partial charge in [-0.25, -0.2) is 0 Å². The number of rotatable bonds is 4. The molecule has 0 spiro atoms. The molecule has 2 rings (SSSR count). The monoisotopic (exact) mass is 224 g/mol. The third kappa shape index (κ3) is 3.21. The fourth-order valence-electron chi connectivity index (χ4n) is 3.31. The van der Waals surface area contributed by atoms with Crippen LogP contribution in [0.15, 0.2) is 0 Å². The molecule has 0 aliphatic carbocycles. The molecule has 2 saturated heterocycles. The maximum absolute atomic E-state index is 3.51. The lowest BCUT2D eigenvalue weighted by atomic mass is 9.91. The second kappa shape index (κ2) is 6.02. The van der Waals surface area contributed by atoms with Gasteiger partial charge in [-0.2, -0.15) is 0 Å². The van der Waals surface area contributed by atoms with Gasteiger partial charge in [-0.05, 0) is 56.8 Å². The van der Waals surface area contributed by atoms with Crippen LogP contribution in [0, 0.1) is 17.8 Å². The lowest BCUT2D eigenvalue weighted by Crippen LogP contribution is -2.38. The molecule has 2 aliphatic heterocycles. The fraction of sp³-hybridized carbons (Fsp3) is 1.00. The molecule has 0 radical (unpaired) electrons. The highest BCUT2D eigenvalue weighted by Gasteiger charge is 2.27. The van der Waals surface area contributed by atoms with Crippen LogP contribution < -0.4 is 5.32 Å². The van der Waals surface area contributed by atoms with Crippen LogP contribution in [0.2, 0.25) is 0 Å². The molecule has 2 atom stereocenters. The number of piperidine rings is 1. The summed E-state index contributed by atoms with van der Waals surface area (Å²) < 4.78 is 0. The fourth-order valence-corrected chi connectivity index (χ4v) is 3.31. The number of nitrogens with zero attached hydrogens (tertiary/aromatic N) is 1. The molecule has 2 heterocycles. The van der Waals surface area contributed by atoms with Crippen molar-refractivity contribution in [3.8, 4) is 0 Å². The van der Waals surface area contributed by atoms with Gasteiger partial charge in [0, 0.05) is 6.54 Å². The van der Waals surface area contributed by atoms with Crippen LogP contribution in [-0.4, -0.2) is 37.6 Å². The Morgan fingerprint density at radius 2 is 1.94 bits per heavy atom. The van der Waals surface area contributed by atoms with E-state index in [2.05, 4.69) is 24.1 Å². The van der Waals surface area contributed by atoms with E-state index in [1.54, 1.807) is 0 Å². The van der Waals surface area contributed by atoms with Gasteiger partial charge in [-0.3, -0.25) is 0 Å². The minimum Gasteiger partial charge on any atom is -0.316 e. The minimum atomic E-state index is 0.883. The smallest absolute Gasteiger partial charge is 0.00248 e. The molecule has 2 aliphatic rings. The Morgan fingerprint density at radius 1 is 1.19 bits per heavy atom. The van der Waals surface area contributed by atoms with Crippen LogP contribution in [0.4, 0.5) is 0 Å². The highest BCUT2D eigenvalue weighted by atomic mass is 15.1. The molecule has 0 aromatic carbocycles. The van der Waals surface area contributed by atoms with Gasteiger partial charge >= 0.3 is 0 Å². The van der Waals surface area contributed by atoms with Crippen molar-refractivity contribution in [3.05, 3.63) is 0 Å². The Hall–Kier alpha value is -0.0800. The molecule has 0 saturated carbocycles. The molecule has 2 heteroatoms. The Labute approximate surface area is 101 Å². The predicted octanol–water partition coefficient (Wildman–Crippen LogP) is 2.35. The van der Waals surface area contributed by atoms with Crippen molar-refractivity contribution in [2.24, 2.45) is 17.8 Å². The summed E-state index contributed by atoms with van der Waals surface area (Å²) in [6.45, 7) is 11.2. The van der Waals surface area contributed by atoms with Crippen molar-refractivity contribution in [3.63, 3.8) is 0 Å². The first-order chi connectivity index (χ1) is 7.79. The summed E-state index contributed by atoms with van der Waals surface area (Å²) in [6, 6.07) is 0. The third-order valence-electron chi connectivity index (χ3n) is 4.57. The summed E-state index contributed by atoms with van der Waals surface area (Å²) in [5.74, 6) is 2.82. The van der Waals surface area contributed by atoms with E-state index in [-0.39, 0.29) is 0 Å². The van der Waals surface area contributed by atoms with Crippen LogP contribution in [0.5, 0.6) is 0 Å². The molecule has 0 aromatic rings. The Morgan fingerprint density at radius 3 is 2.50 bits per heavy atom. The predicted molar refractivity (Wildman–Crippen MR) is 69.6 cm³/mol. The largest absolute Gasteiger partial charge is 0.316 e. The van der Waals surface area contributed by atoms with Gasteiger partial charge in [0.15, 0.2) is 0 Å². The molecule has 0 bridgehead atoms. The SMILES string of the molecule is CCCC1CCN(C[C@@H]2CNC[C@H]2C)CC1. The summed E-state index contributed by atoms with van der Waals surface area (Å²) in [7, 11) is 0. The molecule has 94 valence electrons. The minimum absolute atomic E-state index is 0.883. The molecular formula is C14H28N2. The standard InChI is InChI=1S/C14H28N2/c1-3-4-13-5-7-16(8-6-13)11-14-10-15-9-12(14)2/h12-15H,3-11H2,1-2H3/t12-,14+/m1/s1. The van der Waals surface area contributed by atoms with Crippen molar-refractivity contribution < 1.29 is 0 Å². The molecule has 1 N–H and O–H groups in total. The number of hydrogen-bond acceptors (Lipinski definition) is 2. The molecule has 0 unspecified atom stereocenters. The molecule has 2 fully saturated rings. The zero-order valence-electron chi connectivity index (χ0n) is 11.0. The van der Waals surface area contributed by atoms with Gasteiger partial charge in [0.05, 0.1) is 0 Å². The number of hydrogen-bond donors (Lipinski definition) is 1. The second-order valence-corrected chi connectivity index (χ2v) is 5.93. The van der Waals surface area contributed by atoms with E-state index in [1.807, 2.05) is 0 Å². The first-order valence-electron chi connectivity index (χ1n) is 7.22. The van der Waals surface area contributed by atoms with Crippen molar-refractivity contribution in [1.29, 1.82) is 0 Å². The highest BCUT2D eigenvalue weighted by molar-refractivity contribution is 4.82. The second-order valence-electron chi connectivity index (χ2n) is 5.93. The Balaban J connectivity index is 1.68. The molecule has 16 heavy (non-hydrogen) atoms. The number of nitrogens with one attached hydrogen (secondary N) is 1. The van der Waals surface area contributed by atoms with E-state index in [4.69, 9.17) is 0 Å². The summed E-state index contributed by atoms with van der Waals surface area (Å²) in [5.41, 5.74) is 0. The molecular weight excluding hydrogens is 196 g/mol. The van der Waals surface area contributed by atoms with E-state index in [0.717, 1.165) is 17.8 Å². The normalized spacial score (nSPS) is 33.4. The van der Waals surface area contributed by atoms with Crippen molar-refractivity contribution >= 4 is 0 Å². The molecule has 2 nitrogen and oxygen atoms in total. The van der Waals surface area contributed by atoms with Crippen molar-refractivity contribution in [2.75, 3.05) is 32.7 Å². The van der Waals surface area contributed by atoms with Gasteiger partial charge in [-0.15, -0.1) is 0 Å². The summed E-state index contributed by atoms with van der Waals surface area (Å²) in [4.78, 5) is 2.71. The van der Waals surface area contributed by atoms with E-state index >= 15 is 0 Å². The zero-order chi connectivity index (χ0) is 11.4. The van der Waals surface area contributed by atoms with Gasteiger partial charge in [0.1, 0.15) is 0 Å². The van der Waals surface area contributed by atoms with E-state index in [1.165, 1.54) is 58.4 Å². The average molecular weight is 224 g/mol. The lowest BCUT2D eigenvalue weighted by Gasteiger charge is -2.34. The van der Waals surface area contributed by atoms with Crippen LogP contribution in [0.3, 0.4) is 0 Å². The van der Waals surface area contributed by atoms with E-state index in [0.29, 0.717) is 0 Å². The van der Waals surface area contributed by atoms with Crippen LogP contribution in [0.25, 0.3) is 0 Å². The van der Waals surface area contributed by atoms with E-state index < -0.39 is 0 Å². The first-order valence-corrected chi connectivity index (χ1v) is 7.22. The quantitative estimate of drug-likeness (QED) is 0.788. The Bertz CT molecular complexity index is 197. The lowest BCUT2D eigenvalue weighted by molar-refractivity contribution is 0.150. The summed E-state index contributed by atoms with van der Waals surface area (Å²) >= 11 is 0. The van der Waals surface area contributed by atoms with E-state index in [9.17, 15) is 0 Å². The maximum atomic E-state index is 3.51. The first kappa shape index (κ1) is 12.4. The van der Waals surface area contributed by atoms with Crippen molar-refractivity contribution in [2.45, 2.75) is 39.5 Å². The number of likely N-dealkylation sites (tertiary alicyclic amines) is 1. The van der Waals surface area contributed by atoms with Gasteiger partial charge < -0.3 is 10.2 Å². The highest BCUT2D eigenvalue weighted by Crippen LogP contribution is 2.24. The Kier molecular flexibility index (Phi) is 4.66. The average Bonchev–Trinajstić information content (AvgIpc) is 2.68. The zero-order valence-corrected chi connectivity index (χ0v) is 11.0. The maximum Gasteiger partial charge on any atom is 0.00248 e.